The number of rotatable bonds is 2. The molecule has 2 heterocycles. The van der Waals surface area contributed by atoms with Crippen LogP contribution < -0.4 is 5.69 Å². The average molecular weight is 338 g/mol. The van der Waals surface area contributed by atoms with E-state index < -0.39 is 0 Å². The minimum atomic E-state index is -0.187. The fourth-order valence-corrected chi connectivity index (χ4v) is 3.18. The largest absolute Gasteiger partial charge is 0.340 e. The lowest BCUT2D eigenvalue weighted by molar-refractivity contribution is 0.922. The van der Waals surface area contributed by atoms with Crippen LogP contribution >= 0.6 is 0 Å². The minimum Gasteiger partial charge on any atom is -0.247 e. The third kappa shape index (κ3) is 2.14. The number of aromatic nitrogens is 4. The summed E-state index contributed by atoms with van der Waals surface area (Å²) in [6.45, 7) is 0. The van der Waals surface area contributed by atoms with Crippen molar-refractivity contribution in [3.05, 3.63) is 95.4 Å². The molecule has 2 aromatic heterocycles. The first-order valence-electron chi connectivity index (χ1n) is 8.34. The number of hydrogen-bond donors (Lipinski definition) is 0. The first-order valence-corrected chi connectivity index (χ1v) is 8.34. The van der Waals surface area contributed by atoms with Gasteiger partial charge in [-0.2, -0.15) is 0 Å². The second-order valence-corrected chi connectivity index (χ2v) is 5.98. The normalized spacial score (nSPS) is 11.2. The summed E-state index contributed by atoms with van der Waals surface area (Å²) in [5.74, 6) is 0. The molecule has 26 heavy (non-hydrogen) atoms. The van der Waals surface area contributed by atoms with Crippen LogP contribution in [0.1, 0.15) is 0 Å². The molecule has 0 aliphatic carbocycles. The highest BCUT2D eigenvalue weighted by molar-refractivity contribution is 5.84. The molecule has 5 rings (SSSR count). The maximum Gasteiger partial charge on any atom is 0.340 e. The Morgan fingerprint density at radius 1 is 0.538 bits per heavy atom. The Labute approximate surface area is 148 Å². The highest BCUT2D eigenvalue weighted by atomic mass is 16.1. The molecule has 0 saturated heterocycles. The summed E-state index contributed by atoms with van der Waals surface area (Å²) in [5, 5.41) is 0. The van der Waals surface area contributed by atoms with E-state index in [1.54, 1.807) is 9.13 Å². The molecular formula is C21H14N4O. The van der Waals surface area contributed by atoms with Crippen molar-refractivity contribution in [2.24, 2.45) is 0 Å². The molecule has 0 bridgehead atoms. The van der Waals surface area contributed by atoms with Crippen LogP contribution in [0.3, 0.4) is 0 Å². The van der Waals surface area contributed by atoms with E-state index in [1.165, 1.54) is 0 Å². The Balaban J connectivity index is 1.97. The zero-order valence-electron chi connectivity index (χ0n) is 13.8. The maximum atomic E-state index is 13.3. The summed E-state index contributed by atoms with van der Waals surface area (Å²) >= 11 is 0. The van der Waals surface area contributed by atoms with Crippen LogP contribution in [0.25, 0.3) is 33.7 Å². The molecule has 0 N–H and O–H groups in total. The Morgan fingerprint density at radius 3 is 1.35 bits per heavy atom. The Hall–Kier alpha value is -3.73. The second kappa shape index (κ2) is 5.67. The van der Waals surface area contributed by atoms with Gasteiger partial charge in [0.15, 0.2) is 11.3 Å². The van der Waals surface area contributed by atoms with Crippen LogP contribution in [0.15, 0.2) is 89.7 Å². The minimum absolute atomic E-state index is 0.187. The topological polar surface area (TPSA) is 52.7 Å². The summed E-state index contributed by atoms with van der Waals surface area (Å²) in [6.07, 6.45) is 0. The predicted octanol–water partition coefficient (Wildman–Crippen LogP) is 3.72. The van der Waals surface area contributed by atoms with Gasteiger partial charge in [0, 0.05) is 0 Å². The van der Waals surface area contributed by atoms with Gasteiger partial charge in [0.2, 0.25) is 0 Å². The van der Waals surface area contributed by atoms with Crippen LogP contribution in [0.4, 0.5) is 0 Å². The highest BCUT2D eigenvalue weighted by Crippen LogP contribution is 2.21. The predicted molar refractivity (Wildman–Crippen MR) is 102 cm³/mol. The average Bonchev–Trinajstić information content (AvgIpc) is 2.98. The molecule has 0 aliphatic rings. The monoisotopic (exact) mass is 338 g/mol. The van der Waals surface area contributed by atoms with Gasteiger partial charge in [-0.1, -0.05) is 48.5 Å². The zero-order chi connectivity index (χ0) is 17.5. The van der Waals surface area contributed by atoms with Gasteiger partial charge in [-0.3, -0.25) is 0 Å². The van der Waals surface area contributed by atoms with Crippen LogP contribution in [0, 0.1) is 0 Å². The summed E-state index contributed by atoms with van der Waals surface area (Å²) in [4.78, 5) is 22.8. The van der Waals surface area contributed by atoms with Crippen molar-refractivity contribution in [3.63, 3.8) is 0 Å². The molecular weight excluding hydrogens is 324 g/mol. The molecule has 3 aromatic carbocycles. The van der Waals surface area contributed by atoms with Gasteiger partial charge >= 0.3 is 5.69 Å². The van der Waals surface area contributed by atoms with Gasteiger partial charge in [0.05, 0.1) is 22.4 Å². The van der Waals surface area contributed by atoms with Crippen molar-refractivity contribution in [1.82, 2.24) is 19.1 Å². The van der Waals surface area contributed by atoms with Crippen LogP contribution in [-0.4, -0.2) is 19.1 Å². The quantitative estimate of drug-likeness (QED) is 0.493. The molecule has 0 spiro atoms. The van der Waals surface area contributed by atoms with E-state index in [1.807, 2.05) is 84.9 Å². The van der Waals surface area contributed by atoms with E-state index in [9.17, 15) is 4.79 Å². The van der Waals surface area contributed by atoms with Crippen molar-refractivity contribution in [1.29, 1.82) is 0 Å². The first kappa shape index (κ1) is 14.6. The van der Waals surface area contributed by atoms with E-state index >= 15 is 0 Å². The highest BCUT2D eigenvalue weighted by Gasteiger charge is 2.19. The number of benzene rings is 3. The lowest BCUT2D eigenvalue weighted by atomic mass is 10.3. The molecule has 5 nitrogen and oxygen atoms in total. The molecule has 5 heteroatoms. The lowest BCUT2D eigenvalue weighted by Crippen LogP contribution is -2.22. The van der Waals surface area contributed by atoms with Gasteiger partial charge in [-0.05, 0) is 36.4 Å². The molecule has 0 atom stereocenters. The third-order valence-corrected chi connectivity index (χ3v) is 4.37. The van der Waals surface area contributed by atoms with E-state index in [4.69, 9.17) is 9.97 Å². The molecule has 0 aliphatic heterocycles. The maximum absolute atomic E-state index is 13.3. The van der Waals surface area contributed by atoms with Crippen molar-refractivity contribution in [2.75, 3.05) is 0 Å². The number of nitrogens with zero attached hydrogens (tertiary/aromatic N) is 4. The fraction of sp³-hybridized carbons (Fsp3) is 0. The van der Waals surface area contributed by atoms with Crippen molar-refractivity contribution < 1.29 is 0 Å². The Kier molecular flexibility index (Phi) is 3.18. The van der Waals surface area contributed by atoms with Gasteiger partial charge in [0.1, 0.15) is 0 Å². The van der Waals surface area contributed by atoms with Gasteiger partial charge < -0.3 is 0 Å². The number of para-hydroxylation sites is 4. The first-order chi connectivity index (χ1) is 12.8. The van der Waals surface area contributed by atoms with Crippen LogP contribution in [0.5, 0.6) is 0 Å². The SMILES string of the molecule is O=c1n(-c2ccccc2)c2nc3ccccc3nc2n1-c1ccccc1. The van der Waals surface area contributed by atoms with E-state index in [2.05, 4.69) is 0 Å². The standard InChI is InChI=1S/C21H14N4O/c26-21-24(15-9-3-1-4-10-15)19-20(25(21)16-11-5-2-6-12-16)23-18-14-8-7-13-17(18)22-19/h1-14H. The summed E-state index contributed by atoms with van der Waals surface area (Å²) in [7, 11) is 0. The van der Waals surface area contributed by atoms with Gasteiger partial charge in [0.25, 0.3) is 0 Å². The Morgan fingerprint density at radius 2 is 0.923 bits per heavy atom. The van der Waals surface area contributed by atoms with E-state index in [0.717, 1.165) is 22.4 Å². The van der Waals surface area contributed by atoms with Gasteiger partial charge in [-0.25, -0.2) is 23.9 Å². The number of imidazole rings is 1. The molecule has 5 aromatic rings. The van der Waals surface area contributed by atoms with E-state index in [-0.39, 0.29) is 5.69 Å². The Bertz CT molecular complexity index is 1190. The lowest BCUT2D eigenvalue weighted by Gasteiger charge is -2.02. The molecule has 0 amide bonds. The molecule has 124 valence electrons. The van der Waals surface area contributed by atoms with E-state index in [0.29, 0.717) is 11.3 Å². The third-order valence-electron chi connectivity index (χ3n) is 4.37. The van der Waals surface area contributed by atoms with Crippen molar-refractivity contribution in [2.45, 2.75) is 0 Å². The van der Waals surface area contributed by atoms with Crippen molar-refractivity contribution in [3.8, 4) is 11.4 Å². The molecule has 0 saturated carbocycles. The summed E-state index contributed by atoms with van der Waals surface area (Å²) in [6, 6.07) is 26.7. The summed E-state index contributed by atoms with van der Waals surface area (Å²) in [5.41, 5.74) is 3.95. The second-order valence-electron chi connectivity index (χ2n) is 5.98. The molecule has 0 fully saturated rings. The summed E-state index contributed by atoms with van der Waals surface area (Å²) < 4.78 is 3.23. The van der Waals surface area contributed by atoms with Gasteiger partial charge in [-0.15, -0.1) is 0 Å². The smallest absolute Gasteiger partial charge is 0.247 e. The fourth-order valence-electron chi connectivity index (χ4n) is 3.18. The van der Waals surface area contributed by atoms with Crippen LogP contribution in [-0.2, 0) is 0 Å². The number of fused-ring (bicyclic) bond motifs is 2. The number of hydrogen-bond acceptors (Lipinski definition) is 3. The van der Waals surface area contributed by atoms with Crippen LogP contribution in [0.2, 0.25) is 0 Å². The van der Waals surface area contributed by atoms with Crippen molar-refractivity contribution >= 4 is 22.3 Å². The molecule has 0 unspecified atom stereocenters. The molecule has 0 radical (unpaired) electrons. The zero-order valence-corrected chi connectivity index (χ0v) is 13.8.